The van der Waals surface area contributed by atoms with E-state index in [9.17, 15) is 9.59 Å². The molecule has 0 saturated carbocycles. The number of ether oxygens (including phenoxy) is 2. The minimum Gasteiger partial charge on any atom is -0.497 e. The van der Waals surface area contributed by atoms with Crippen LogP contribution in [0.1, 0.15) is 22.8 Å². The zero-order valence-corrected chi connectivity index (χ0v) is 16.4. The van der Waals surface area contributed by atoms with Crippen molar-refractivity contribution in [3.8, 4) is 11.8 Å². The Balaban J connectivity index is 2.00. The molecule has 0 aliphatic carbocycles. The van der Waals surface area contributed by atoms with Gasteiger partial charge < -0.3 is 20.1 Å². The number of hydrogen-bond acceptors (Lipinski definition) is 6. The van der Waals surface area contributed by atoms with Crippen LogP contribution in [-0.2, 0) is 16.0 Å². The van der Waals surface area contributed by atoms with Gasteiger partial charge in [0.1, 0.15) is 11.8 Å². The van der Waals surface area contributed by atoms with Crippen LogP contribution < -0.4 is 15.4 Å². The summed E-state index contributed by atoms with van der Waals surface area (Å²) in [4.78, 5) is 24.2. The number of hydrogen-bond donors (Lipinski definition) is 2. The molecule has 0 atom stereocenters. The third kappa shape index (κ3) is 6.40. The molecule has 150 valence electrons. The molecule has 2 rings (SSSR count). The predicted molar refractivity (Wildman–Crippen MR) is 109 cm³/mol. The van der Waals surface area contributed by atoms with Gasteiger partial charge in [-0.3, -0.25) is 4.79 Å². The second-order valence-electron chi connectivity index (χ2n) is 5.93. The van der Waals surface area contributed by atoms with E-state index in [2.05, 4.69) is 10.6 Å². The summed E-state index contributed by atoms with van der Waals surface area (Å²) in [5.74, 6) is -0.195. The summed E-state index contributed by atoms with van der Waals surface area (Å²) < 4.78 is 9.94. The van der Waals surface area contributed by atoms with Gasteiger partial charge in [-0.15, -0.1) is 0 Å². The van der Waals surface area contributed by atoms with Gasteiger partial charge in [-0.2, -0.15) is 5.26 Å². The first-order chi connectivity index (χ1) is 14.1. The molecule has 0 aromatic heterocycles. The van der Waals surface area contributed by atoms with E-state index in [1.807, 2.05) is 24.3 Å². The largest absolute Gasteiger partial charge is 0.497 e. The van der Waals surface area contributed by atoms with Gasteiger partial charge in [0.25, 0.3) is 5.91 Å². The van der Waals surface area contributed by atoms with Crippen LogP contribution in [0, 0.1) is 11.3 Å². The zero-order valence-electron chi connectivity index (χ0n) is 16.4. The van der Waals surface area contributed by atoms with Crippen LogP contribution in [0.2, 0.25) is 0 Å². The fourth-order valence-corrected chi connectivity index (χ4v) is 2.51. The molecule has 29 heavy (non-hydrogen) atoms. The fourth-order valence-electron chi connectivity index (χ4n) is 2.51. The third-order valence-corrected chi connectivity index (χ3v) is 4.02. The van der Waals surface area contributed by atoms with E-state index in [0.29, 0.717) is 24.2 Å². The van der Waals surface area contributed by atoms with Crippen LogP contribution >= 0.6 is 0 Å². The van der Waals surface area contributed by atoms with Gasteiger partial charge >= 0.3 is 5.97 Å². The van der Waals surface area contributed by atoms with Gasteiger partial charge in [0, 0.05) is 12.7 Å². The molecule has 0 spiro atoms. The Morgan fingerprint density at radius 1 is 1.14 bits per heavy atom. The molecule has 0 unspecified atom stereocenters. The average molecular weight is 393 g/mol. The Bertz CT molecular complexity index is 914. The molecule has 1 amide bonds. The second kappa shape index (κ2) is 11.1. The summed E-state index contributed by atoms with van der Waals surface area (Å²) >= 11 is 0. The van der Waals surface area contributed by atoms with Crippen molar-refractivity contribution in [1.29, 1.82) is 5.26 Å². The van der Waals surface area contributed by atoms with Crippen molar-refractivity contribution in [3.63, 3.8) is 0 Å². The van der Waals surface area contributed by atoms with E-state index in [4.69, 9.17) is 14.7 Å². The summed E-state index contributed by atoms with van der Waals surface area (Å²) in [6.45, 7) is 2.29. The van der Waals surface area contributed by atoms with Crippen LogP contribution in [0.3, 0.4) is 0 Å². The molecule has 0 aliphatic heterocycles. The number of nitrogens with zero attached hydrogens (tertiary/aromatic N) is 1. The summed E-state index contributed by atoms with van der Waals surface area (Å²) in [6, 6.07) is 16.3. The molecule has 0 heterocycles. The Morgan fingerprint density at radius 3 is 2.52 bits per heavy atom. The van der Waals surface area contributed by atoms with Crippen LogP contribution in [0.4, 0.5) is 5.69 Å². The molecule has 0 saturated heterocycles. The lowest BCUT2D eigenvalue weighted by molar-refractivity contribution is -0.138. The Labute approximate surface area is 169 Å². The van der Waals surface area contributed by atoms with Gasteiger partial charge in [-0.25, -0.2) is 4.79 Å². The zero-order chi connectivity index (χ0) is 21.1. The lowest BCUT2D eigenvalue weighted by atomic mass is 10.1. The Hall–Kier alpha value is -3.79. The number of benzene rings is 2. The molecule has 7 heteroatoms. The Kier molecular flexibility index (Phi) is 8.27. The van der Waals surface area contributed by atoms with Crippen LogP contribution in [-0.4, -0.2) is 32.1 Å². The average Bonchev–Trinajstić information content (AvgIpc) is 2.75. The minimum absolute atomic E-state index is 0.172. The number of carbonyl (C=O) groups excluding carboxylic acids is 2. The summed E-state index contributed by atoms with van der Waals surface area (Å²) in [7, 11) is 1.61. The quantitative estimate of drug-likeness (QED) is 0.386. The molecule has 0 aliphatic rings. The highest BCUT2D eigenvalue weighted by Gasteiger charge is 2.12. The molecule has 2 aromatic carbocycles. The maximum Gasteiger partial charge on any atom is 0.350 e. The topological polar surface area (TPSA) is 100 Å². The van der Waals surface area contributed by atoms with Crippen LogP contribution in [0.25, 0.3) is 0 Å². The third-order valence-electron chi connectivity index (χ3n) is 4.02. The summed E-state index contributed by atoms with van der Waals surface area (Å²) in [5.41, 5.74) is 1.78. The van der Waals surface area contributed by atoms with E-state index in [1.165, 1.54) is 6.20 Å². The smallest absolute Gasteiger partial charge is 0.350 e. The number of rotatable bonds is 9. The number of amides is 1. The van der Waals surface area contributed by atoms with E-state index in [-0.39, 0.29) is 18.1 Å². The van der Waals surface area contributed by atoms with Crippen molar-refractivity contribution < 1.29 is 19.1 Å². The number of esters is 1. The van der Waals surface area contributed by atoms with Gasteiger partial charge in [-0.1, -0.05) is 24.3 Å². The molecule has 0 fully saturated rings. The number of nitriles is 1. The molecule has 0 bridgehead atoms. The summed E-state index contributed by atoms with van der Waals surface area (Å²) in [5, 5.41) is 14.8. The second-order valence-corrected chi connectivity index (χ2v) is 5.93. The van der Waals surface area contributed by atoms with Crippen LogP contribution in [0.5, 0.6) is 5.75 Å². The van der Waals surface area contributed by atoms with Crippen molar-refractivity contribution in [2.24, 2.45) is 0 Å². The van der Waals surface area contributed by atoms with Gasteiger partial charge in [0.05, 0.1) is 25.0 Å². The Morgan fingerprint density at radius 2 is 1.86 bits per heavy atom. The maximum atomic E-state index is 12.6. The lowest BCUT2D eigenvalue weighted by Crippen LogP contribution is -2.26. The molecular weight excluding hydrogens is 370 g/mol. The molecule has 2 aromatic rings. The van der Waals surface area contributed by atoms with E-state index >= 15 is 0 Å². The fraction of sp³-hybridized carbons (Fsp3) is 0.227. The standard InChI is InChI=1S/C22H23N3O4/c1-3-29-22(27)17(14-23)15-25-20-7-5-4-6-19(20)21(26)24-13-12-16-8-10-18(28-2)11-9-16/h4-11,15,25H,3,12-13H2,1-2H3,(H,24,26)/b17-15+. The molecule has 7 nitrogen and oxygen atoms in total. The monoisotopic (exact) mass is 393 g/mol. The van der Waals surface area contributed by atoms with Gasteiger partial charge in [-0.05, 0) is 43.2 Å². The first-order valence-corrected chi connectivity index (χ1v) is 9.13. The minimum atomic E-state index is -0.719. The van der Waals surface area contributed by atoms with E-state index in [1.54, 1.807) is 44.4 Å². The number of carbonyl (C=O) groups is 2. The van der Waals surface area contributed by atoms with Gasteiger partial charge in [0.15, 0.2) is 5.57 Å². The van der Waals surface area contributed by atoms with Crippen LogP contribution in [0.15, 0.2) is 60.3 Å². The van der Waals surface area contributed by atoms with Crippen molar-refractivity contribution >= 4 is 17.6 Å². The van der Waals surface area contributed by atoms with Gasteiger partial charge in [0.2, 0.25) is 0 Å². The molecular formula is C22H23N3O4. The van der Waals surface area contributed by atoms with E-state index < -0.39 is 5.97 Å². The molecule has 0 radical (unpaired) electrons. The highest BCUT2D eigenvalue weighted by molar-refractivity contribution is 6.00. The van der Waals surface area contributed by atoms with Crippen molar-refractivity contribution in [3.05, 3.63) is 71.4 Å². The SMILES string of the molecule is CCOC(=O)/C(C#N)=C/Nc1ccccc1C(=O)NCCc1ccc(OC)cc1. The van der Waals surface area contributed by atoms with Crippen molar-refractivity contribution in [2.75, 3.05) is 25.6 Å². The first kappa shape index (κ1) is 21.5. The number of methoxy groups -OCH3 is 1. The first-order valence-electron chi connectivity index (χ1n) is 9.13. The van der Waals surface area contributed by atoms with E-state index in [0.717, 1.165) is 11.3 Å². The highest BCUT2D eigenvalue weighted by Crippen LogP contribution is 2.16. The molecule has 2 N–H and O–H groups in total. The summed E-state index contributed by atoms with van der Waals surface area (Å²) in [6.07, 6.45) is 1.91. The number of anilines is 1. The number of nitrogens with one attached hydrogen (secondary N) is 2. The predicted octanol–water partition coefficient (Wildman–Crippen LogP) is 3.05. The normalized spacial score (nSPS) is 10.6. The highest BCUT2D eigenvalue weighted by atomic mass is 16.5. The van der Waals surface area contributed by atoms with Crippen molar-refractivity contribution in [1.82, 2.24) is 5.32 Å². The maximum absolute atomic E-state index is 12.6. The van der Waals surface area contributed by atoms with Crippen molar-refractivity contribution in [2.45, 2.75) is 13.3 Å². The lowest BCUT2D eigenvalue weighted by Gasteiger charge is -2.10. The number of para-hydroxylation sites is 1.